The fraction of sp³-hybridized carbons (Fsp3) is 0.412. The monoisotopic (exact) mass is 313 g/mol. The minimum atomic E-state index is -0.0498. The van der Waals surface area contributed by atoms with Gasteiger partial charge in [-0.05, 0) is 17.7 Å². The van der Waals surface area contributed by atoms with E-state index in [0.29, 0.717) is 5.56 Å². The average molecular weight is 313 g/mol. The quantitative estimate of drug-likeness (QED) is 0.881. The van der Waals surface area contributed by atoms with E-state index in [9.17, 15) is 4.79 Å². The predicted molar refractivity (Wildman–Crippen MR) is 89.1 cm³/mol. The third-order valence-corrected chi connectivity index (χ3v) is 4.38. The zero-order chi connectivity index (χ0) is 16.2. The first-order chi connectivity index (χ1) is 11.2. The van der Waals surface area contributed by atoms with E-state index in [2.05, 4.69) is 31.2 Å². The van der Waals surface area contributed by atoms with E-state index in [4.69, 9.17) is 0 Å². The van der Waals surface area contributed by atoms with E-state index in [0.717, 1.165) is 37.6 Å². The fourth-order valence-electron chi connectivity index (χ4n) is 3.03. The standard InChI is InChI=1S/C17H23N5O/c1-18-17(23)14-5-3-4-13(10-14)15-11-19-6-9-22(15)12-16-20-7-8-21(16)2/h3-5,7-8,10,15,19H,6,9,11-12H2,1-2H3,(H,18,23)/t15-/m1/s1. The molecule has 1 aliphatic rings. The molecule has 6 heteroatoms. The summed E-state index contributed by atoms with van der Waals surface area (Å²) < 4.78 is 2.06. The van der Waals surface area contributed by atoms with Gasteiger partial charge in [-0.15, -0.1) is 0 Å². The molecule has 23 heavy (non-hydrogen) atoms. The van der Waals surface area contributed by atoms with E-state index >= 15 is 0 Å². The molecule has 2 heterocycles. The van der Waals surface area contributed by atoms with E-state index < -0.39 is 0 Å². The maximum absolute atomic E-state index is 11.9. The van der Waals surface area contributed by atoms with Crippen LogP contribution in [0.2, 0.25) is 0 Å². The summed E-state index contributed by atoms with van der Waals surface area (Å²) >= 11 is 0. The SMILES string of the molecule is CNC(=O)c1cccc([C@H]2CNCCN2Cc2nccn2C)c1. The van der Waals surface area contributed by atoms with Crippen molar-refractivity contribution < 1.29 is 4.79 Å². The molecule has 1 aromatic heterocycles. The minimum absolute atomic E-state index is 0.0498. The molecule has 2 aromatic rings. The number of piperazine rings is 1. The van der Waals surface area contributed by atoms with Crippen LogP contribution in [0, 0.1) is 0 Å². The number of nitrogens with zero attached hydrogens (tertiary/aromatic N) is 3. The van der Waals surface area contributed by atoms with Gasteiger partial charge in [0.05, 0.1) is 6.54 Å². The molecular formula is C17H23N5O. The van der Waals surface area contributed by atoms with Crippen LogP contribution in [0.1, 0.15) is 27.8 Å². The molecule has 122 valence electrons. The highest BCUT2D eigenvalue weighted by atomic mass is 16.1. The molecule has 3 rings (SSSR count). The smallest absolute Gasteiger partial charge is 0.251 e. The van der Waals surface area contributed by atoms with Crippen LogP contribution >= 0.6 is 0 Å². The topological polar surface area (TPSA) is 62.2 Å². The molecule has 1 atom stereocenters. The van der Waals surface area contributed by atoms with Gasteiger partial charge in [0.25, 0.3) is 5.91 Å². The van der Waals surface area contributed by atoms with E-state index in [1.807, 2.05) is 37.6 Å². The second-order valence-electron chi connectivity index (χ2n) is 5.85. The number of carbonyl (C=O) groups excluding carboxylic acids is 1. The number of aryl methyl sites for hydroxylation is 1. The molecule has 0 bridgehead atoms. The van der Waals surface area contributed by atoms with Crippen LogP contribution < -0.4 is 10.6 Å². The lowest BCUT2D eigenvalue weighted by molar-refractivity contribution is 0.0962. The van der Waals surface area contributed by atoms with E-state index in [1.165, 1.54) is 0 Å². The lowest BCUT2D eigenvalue weighted by Crippen LogP contribution is -2.45. The van der Waals surface area contributed by atoms with Crippen LogP contribution in [0.15, 0.2) is 36.7 Å². The number of carbonyl (C=O) groups is 1. The molecule has 6 nitrogen and oxygen atoms in total. The first-order valence-electron chi connectivity index (χ1n) is 7.92. The summed E-state index contributed by atoms with van der Waals surface area (Å²) in [6.45, 7) is 3.61. The van der Waals surface area contributed by atoms with Gasteiger partial charge in [0, 0.05) is 57.7 Å². The number of imidazole rings is 1. The van der Waals surface area contributed by atoms with Gasteiger partial charge in [0.1, 0.15) is 5.82 Å². The number of hydrogen-bond acceptors (Lipinski definition) is 4. The Morgan fingerprint density at radius 2 is 2.35 bits per heavy atom. The number of benzene rings is 1. The number of amides is 1. The molecule has 1 saturated heterocycles. The molecule has 1 amide bonds. The van der Waals surface area contributed by atoms with Gasteiger partial charge in [0.2, 0.25) is 0 Å². The normalized spacial score (nSPS) is 18.8. The highest BCUT2D eigenvalue weighted by Gasteiger charge is 2.25. The molecule has 0 aliphatic carbocycles. The highest BCUT2D eigenvalue weighted by Crippen LogP contribution is 2.24. The van der Waals surface area contributed by atoms with Crippen LogP contribution in [-0.4, -0.2) is 47.0 Å². The maximum atomic E-state index is 11.9. The van der Waals surface area contributed by atoms with Crippen LogP contribution in [0.5, 0.6) is 0 Å². The molecule has 0 radical (unpaired) electrons. The molecule has 2 N–H and O–H groups in total. The van der Waals surface area contributed by atoms with Gasteiger partial charge in [-0.3, -0.25) is 9.69 Å². The first kappa shape index (κ1) is 15.7. The zero-order valence-corrected chi connectivity index (χ0v) is 13.6. The zero-order valence-electron chi connectivity index (χ0n) is 13.6. The third-order valence-electron chi connectivity index (χ3n) is 4.38. The van der Waals surface area contributed by atoms with Crippen molar-refractivity contribution in [2.45, 2.75) is 12.6 Å². The summed E-state index contributed by atoms with van der Waals surface area (Å²) in [6.07, 6.45) is 3.80. The van der Waals surface area contributed by atoms with Crippen molar-refractivity contribution in [3.8, 4) is 0 Å². The molecule has 1 aromatic carbocycles. The van der Waals surface area contributed by atoms with Gasteiger partial charge < -0.3 is 15.2 Å². The van der Waals surface area contributed by atoms with Crippen LogP contribution in [-0.2, 0) is 13.6 Å². The van der Waals surface area contributed by atoms with Crippen molar-refractivity contribution in [2.24, 2.45) is 7.05 Å². The predicted octanol–water partition coefficient (Wildman–Crippen LogP) is 0.926. The second kappa shape index (κ2) is 6.93. The van der Waals surface area contributed by atoms with Crippen molar-refractivity contribution in [1.82, 2.24) is 25.1 Å². The van der Waals surface area contributed by atoms with Gasteiger partial charge >= 0.3 is 0 Å². The van der Waals surface area contributed by atoms with Gasteiger partial charge in [-0.1, -0.05) is 12.1 Å². The Bertz CT molecular complexity index is 681. The maximum Gasteiger partial charge on any atom is 0.251 e. The molecule has 1 aliphatic heterocycles. The molecule has 1 fully saturated rings. The van der Waals surface area contributed by atoms with Crippen LogP contribution in [0.4, 0.5) is 0 Å². The summed E-state index contributed by atoms with van der Waals surface area (Å²) in [5, 5.41) is 6.14. The second-order valence-corrected chi connectivity index (χ2v) is 5.85. The van der Waals surface area contributed by atoms with Crippen LogP contribution in [0.3, 0.4) is 0 Å². The van der Waals surface area contributed by atoms with Crippen molar-refractivity contribution in [1.29, 1.82) is 0 Å². The first-order valence-corrected chi connectivity index (χ1v) is 7.92. The lowest BCUT2D eigenvalue weighted by Gasteiger charge is -2.36. The Morgan fingerprint density at radius 1 is 1.48 bits per heavy atom. The Labute approximate surface area is 136 Å². The summed E-state index contributed by atoms with van der Waals surface area (Å²) in [6, 6.07) is 8.12. The van der Waals surface area contributed by atoms with Crippen molar-refractivity contribution in [3.05, 3.63) is 53.6 Å². The number of nitrogens with one attached hydrogen (secondary N) is 2. The minimum Gasteiger partial charge on any atom is -0.355 e. The Hall–Kier alpha value is -2.18. The van der Waals surface area contributed by atoms with Crippen molar-refractivity contribution in [3.63, 3.8) is 0 Å². The average Bonchev–Trinajstić information content (AvgIpc) is 2.99. The van der Waals surface area contributed by atoms with E-state index in [-0.39, 0.29) is 11.9 Å². The van der Waals surface area contributed by atoms with E-state index in [1.54, 1.807) is 7.05 Å². The molecule has 0 spiro atoms. The third kappa shape index (κ3) is 3.43. The Balaban J connectivity index is 1.83. The molecular weight excluding hydrogens is 290 g/mol. The Kier molecular flexibility index (Phi) is 4.73. The fourth-order valence-corrected chi connectivity index (χ4v) is 3.03. The van der Waals surface area contributed by atoms with Gasteiger partial charge in [-0.2, -0.15) is 0 Å². The molecule has 0 saturated carbocycles. The Morgan fingerprint density at radius 3 is 3.09 bits per heavy atom. The summed E-state index contributed by atoms with van der Waals surface area (Å²) in [4.78, 5) is 18.7. The van der Waals surface area contributed by atoms with Gasteiger partial charge in [-0.25, -0.2) is 4.98 Å². The van der Waals surface area contributed by atoms with Crippen molar-refractivity contribution in [2.75, 3.05) is 26.7 Å². The van der Waals surface area contributed by atoms with Crippen LogP contribution in [0.25, 0.3) is 0 Å². The summed E-state index contributed by atoms with van der Waals surface area (Å²) in [5.74, 6) is 1.01. The number of aromatic nitrogens is 2. The largest absolute Gasteiger partial charge is 0.355 e. The lowest BCUT2D eigenvalue weighted by atomic mass is 10.0. The summed E-state index contributed by atoms with van der Waals surface area (Å²) in [7, 11) is 3.68. The summed E-state index contributed by atoms with van der Waals surface area (Å²) in [5.41, 5.74) is 1.86. The molecule has 0 unspecified atom stereocenters. The number of hydrogen-bond donors (Lipinski definition) is 2. The number of rotatable bonds is 4. The van der Waals surface area contributed by atoms with Crippen molar-refractivity contribution >= 4 is 5.91 Å². The highest BCUT2D eigenvalue weighted by molar-refractivity contribution is 5.94. The van der Waals surface area contributed by atoms with Gasteiger partial charge in [0.15, 0.2) is 0 Å².